The van der Waals surface area contributed by atoms with E-state index in [2.05, 4.69) is 6.92 Å². The van der Waals surface area contributed by atoms with Crippen LogP contribution < -0.4 is 27.7 Å². The molecule has 7 nitrogen and oxygen atoms in total. The molecule has 0 spiro atoms. The predicted octanol–water partition coefficient (Wildman–Crippen LogP) is 1.64. The van der Waals surface area contributed by atoms with Crippen molar-refractivity contribution in [3.63, 3.8) is 0 Å². The molecule has 0 bridgehead atoms. The zero-order valence-electron chi connectivity index (χ0n) is 16.2. The lowest BCUT2D eigenvalue weighted by molar-refractivity contribution is 0.447. The maximum absolute atomic E-state index is 15.1. The molecule has 1 aliphatic heterocycles. The molecule has 4 N–H and O–H groups in total. The first kappa shape index (κ1) is 20.7. The van der Waals surface area contributed by atoms with Crippen molar-refractivity contribution in [1.82, 2.24) is 9.24 Å². The summed E-state index contributed by atoms with van der Waals surface area (Å²) in [5.41, 5.74) is 6.59. The third-order valence-electron chi connectivity index (χ3n) is 6.09. The first-order chi connectivity index (χ1) is 12.8. The summed E-state index contributed by atoms with van der Waals surface area (Å²) in [4.78, 5) is 27.1. The lowest BCUT2D eigenvalue weighted by Gasteiger charge is -2.25. The number of benzene rings is 1. The van der Waals surface area contributed by atoms with Crippen LogP contribution in [-0.2, 0) is 0 Å². The second kappa shape index (κ2) is 7.40. The molecule has 2 unspecified atom stereocenters. The van der Waals surface area contributed by atoms with Crippen LogP contribution >= 0.6 is 12.4 Å². The van der Waals surface area contributed by atoms with Crippen LogP contribution in [0.4, 0.5) is 10.1 Å². The van der Waals surface area contributed by atoms with E-state index < -0.39 is 17.1 Å². The Bertz CT molecular complexity index is 1030. The van der Waals surface area contributed by atoms with Gasteiger partial charge in [-0.05, 0) is 44.6 Å². The van der Waals surface area contributed by atoms with Gasteiger partial charge in [0, 0.05) is 30.7 Å². The number of hydrogen-bond donors (Lipinski definition) is 2. The van der Waals surface area contributed by atoms with Gasteiger partial charge in [-0.3, -0.25) is 9.36 Å². The van der Waals surface area contributed by atoms with Crippen molar-refractivity contribution >= 4 is 29.0 Å². The molecule has 1 aromatic heterocycles. The van der Waals surface area contributed by atoms with Crippen LogP contribution in [0.5, 0.6) is 0 Å². The third kappa shape index (κ3) is 3.08. The molecular weight excluding hydrogens is 385 g/mol. The van der Waals surface area contributed by atoms with Gasteiger partial charge in [-0.15, -0.1) is 12.4 Å². The number of fused-ring (bicyclic) bond motifs is 1. The highest BCUT2D eigenvalue weighted by Crippen LogP contribution is 2.39. The summed E-state index contributed by atoms with van der Waals surface area (Å²) in [6.45, 7) is 5.23. The summed E-state index contributed by atoms with van der Waals surface area (Å²) in [5, 5.41) is 0.156. The van der Waals surface area contributed by atoms with E-state index in [1.54, 1.807) is 11.5 Å². The quantitative estimate of drug-likeness (QED) is 0.745. The second-order valence-electron chi connectivity index (χ2n) is 7.85. The number of aryl methyl sites for hydroxylation is 1. The van der Waals surface area contributed by atoms with E-state index in [-0.39, 0.29) is 29.9 Å². The van der Waals surface area contributed by atoms with Crippen LogP contribution in [-0.4, -0.2) is 28.4 Å². The van der Waals surface area contributed by atoms with Crippen LogP contribution in [0.2, 0.25) is 0 Å². The molecule has 1 saturated heterocycles. The maximum Gasteiger partial charge on any atom is 0.350 e. The molecule has 1 aromatic carbocycles. The van der Waals surface area contributed by atoms with Gasteiger partial charge in [0.05, 0.1) is 16.6 Å². The van der Waals surface area contributed by atoms with Gasteiger partial charge in [-0.2, -0.15) is 4.68 Å². The van der Waals surface area contributed by atoms with Crippen LogP contribution in [0.15, 0.2) is 15.7 Å². The van der Waals surface area contributed by atoms with Gasteiger partial charge in [-0.1, -0.05) is 6.92 Å². The van der Waals surface area contributed by atoms with Gasteiger partial charge in [0.1, 0.15) is 5.82 Å². The molecule has 4 rings (SSSR count). The molecule has 2 aliphatic rings. The zero-order valence-corrected chi connectivity index (χ0v) is 17.0. The zero-order chi connectivity index (χ0) is 19.5. The van der Waals surface area contributed by atoms with E-state index in [0.29, 0.717) is 40.5 Å². The second-order valence-corrected chi connectivity index (χ2v) is 7.85. The molecule has 0 amide bonds. The van der Waals surface area contributed by atoms with Gasteiger partial charge >= 0.3 is 5.69 Å². The van der Waals surface area contributed by atoms with Crippen molar-refractivity contribution < 1.29 is 4.39 Å². The fourth-order valence-corrected chi connectivity index (χ4v) is 4.39. The minimum atomic E-state index is -0.659. The predicted molar refractivity (Wildman–Crippen MR) is 111 cm³/mol. The van der Waals surface area contributed by atoms with E-state index >= 15 is 4.39 Å². The molecule has 1 aliphatic carbocycles. The van der Waals surface area contributed by atoms with Crippen molar-refractivity contribution in [1.29, 1.82) is 0 Å². The number of nitrogens with zero attached hydrogens (tertiary/aromatic N) is 3. The summed E-state index contributed by atoms with van der Waals surface area (Å²) < 4.78 is 17.2. The number of anilines is 1. The van der Waals surface area contributed by atoms with Gasteiger partial charge in [0.2, 0.25) is 0 Å². The summed E-state index contributed by atoms with van der Waals surface area (Å²) in [7, 11) is 0. The van der Waals surface area contributed by atoms with E-state index in [9.17, 15) is 9.59 Å². The lowest BCUT2D eigenvalue weighted by atomic mass is 9.98. The highest BCUT2D eigenvalue weighted by molar-refractivity contribution is 5.87. The molecular formula is C19H27ClFN5O2. The average molecular weight is 412 g/mol. The minimum absolute atomic E-state index is 0. The fourth-order valence-electron chi connectivity index (χ4n) is 4.39. The molecule has 0 radical (unpaired) electrons. The molecule has 1 saturated carbocycles. The van der Waals surface area contributed by atoms with Crippen LogP contribution in [0.3, 0.4) is 0 Å². The third-order valence-corrected chi connectivity index (χ3v) is 6.09. The average Bonchev–Trinajstić information content (AvgIpc) is 3.37. The maximum atomic E-state index is 15.1. The van der Waals surface area contributed by atoms with Crippen molar-refractivity contribution in [3.05, 3.63) is 38.3 Å². The SMILES string of the molecule is CCC(N)C1CCN(c2c(F)cc3c(=O)n(N)c(=O)n(C4CC4)c3c2C)C1.Cl. The Morgan fingerprint density at radius 2 is 1.96 bits per heavy atom. The number of nitrogens with two attached hydrogens (primary N) is 2. The summed E-state index contributed by atoms with van der Waals surface area (Å²) in [6, 6.07) is 1.34. The number of aromatic nitrogens is 2. The number of nitrogen functional groups attached to an aromatic ring is 1. The summed E-state index contributed by atoms with van der Waals surface area (Å²) >= 11 is 0. The van der Waals surface area contributed by atoms with Crippen molar-refractivity contribution in [2.24, 2.45) is 11.7 Å². The van der Waals surface area contributed by atoms with E-state index in [1.807, 2.05) is 4.90 Å². The Morgan fingerprint density at radius 1 is 1.29 bits per heavy atom. The van der Waals surface area contributed by atoms with E-state index in [4.69, 9.17) is 11.6 Å². The van der Waals surface area contributed by atoms with Crippen molar-refractivity contribution in [2.75, 3.05) is 23.8 Å². The Labute approximate surface area is 168 Å². The first-order valence-electron chi connectivity index (χ1n) is 9.61. The standard InChI is InChI=1S/C19H26FN5O2.ClH/c1-3-15(21)11-6-7-23(9-11)17-10(2)16-13(8-14(17)20)18(26)25(22)19(27)24(16)12-4-5-12;/h8,11-12,15H,3-7,9,21-22H2,1-2H3;1H. The lowest BCUT2D eigenvalue weighted by Crippen LogP contribution is -2.44. The number of hydrogen-bond acceptors (Lipinski definition) is 5. The highest BCUT2D eigenvalue weighted by atomic mass is 35.5. The van der Waals surface area contributed by atoms with Crippen molar-refractivity contribution in [3.8, 4) is 0 Å². The molecule has 154 valence electrons. The monoisotopic (exact) mass is 411 g/mol. The smallest absolute Gasteiger partial charge is 0.350 e. The van der Waals surface area contributed by atoms with Crippen LogP contribution in [0.1, 0.15) is 44.2 Å². The molecule has 2 heterocycles. The normalized spacial score (nSPS) is 20.4. The summed E-state index contributed by atoms with van der Waals surface area (Å²) in [6.07, 6.45) is 3.51. The molecule has 9 heteroatoms. The number of rotatable bonds is 4. The molecule has 2 fully saturated rings. The Hall–Kier alpha value is -2.06. The molecule has 2 aromatic rings. The fraction of sp³-hybridized carbons (Fsp3) is 0.579. The Kier molecular flexibility index (Phi) is 5.46. The van der Waals surface area contributed by atoms with E-state index in [0.717, 1.165) is 25.7 Å². The largest absolute Gasteiger partial charge is 0.369 e. The Balaban J connectivity index is 0.00000225. The topological polar surface area (TPSA) is 99.3 Å². The highest BCUT2D eigenvalue weighted by Gasteiger charge is 2.33. The van der Waals surface area contributed by atoms with E-state index in [1.165, 1.54) is 6.07 Å². The Morgan fingerprint density at radius 3 is 2.57 bits per heavy atom. The van der Waals surface area contributed by atoms with Gasteiger partial charge < -0.3 is 16.5 Å². The molecule has 28 heavy (non-hydrogen) atoms. The van der Waals surface area contributed by atoms with Crippen LogP contribution in [0, 0.1) is 18.7 Å². The number of halogens is 2. The van der Waals surface area contributed by atoms with Crippen LogP contribution in [0.25, 0.3) is 10.9 Å². The van der Waals surface area contributed by atoms with Gasteiger partial charge in [0.25, 0.3) is 5.56 Å². The van der Waals surface area contributed by atoms with Crippen molar-refractivity contribution in [2.45, 2.75) is 51.6 Å². The van der Waals surface area contributed by atoms with Gasteiger partial charge in [-0.25, -0.2) is 9.18 Å². The molecule has 2 atom stereocenters. The van der Waals surface area contributed by atoms with Gasteiger partial charge in [0.15, 0.2) is 0 Å². The first-order valence-corrected chi connectivity index (χ1v) is 9.61. The minimum Gasteiger partial charge on any atom is -0.369 e. The summed E-state index contributed by atoms with van der Waals surface area (Å²) in [5.74, 6) is 5.52.